The lowest BCUT2D eigenvalue weighted by atomic mass is 10.1. The molecule has 0 fully saturated rings. The number of benzene rings is 2. The molecule has 0 aliphatic heterocycles. The van der Waals surface area contributed by atoms with Crippen LogP contribution in [0.3, 0.4) is 0 Å². The van der Waals surface area contributed by atoms with Crippen LogP contribution in [0.2, 0.25) is 0 Å². The van der Waals surface area contributed by atoms with E-state index in [1.165, 1.54) is 12.1 Å². The van der Waals surface area contributed by atoms with E-state index in [0.717, 1.165) is 15.2 Å². The van der Waals surface area contributed by atoms with Crippen LogP contribution < -0.4 is 0 Å². The first-order chi connectivity index (χ1) is 11.3. The highest BCUT2D eigenvalue weighted by Gasteiger charge is 2.30. The van der Waals surface area contributed by atoms with Gasteiger partial charge in [-0.3, -0.25) is 0 Å². The lowest BCUT2D eigenvalue weighted by Crippen LogP contribution is -2.14. The molecule has 7 nitrogen and oxygen atoms in total. The molecule has 3 rings (SSSR count). The van der Waals surface area contributed by atoms with Crippen LogP contribution in [0.5, 0.6) is 0 Å². The summed E-state index contributed by atoms with van der Waals surface area (Å²) in [5.74, 6) is -0.469. The van der Waals surface area contributed by atoms with Gasteiger partial charge >= 0.3 is 15.8 Å². The van der Waals surface area contributed by atoms with E-state index in [4.69, 9.17) is 0 Å². The summed E-state index contributed by atoms with van der Waals surface area (Å²) in [6.07, 6.45) is 0.680. The van der Waals surface area contributed by atoms with Gasteiger partial charge in [0.2, 0.25) is 0 Å². The fourth-order valence-electron chi connectivity index (χ4n) is 2.47. The second kappa shape index (κ2) is 5.72. The Morgan fingerprint density at radius 2 is 1.83 bits per heavy atom. The van der Waals surface area contributed by atoms with Crippen molar-refractivity contribution in [3.63, 3.8) is 0 Å². The highest BCUT2D eigenvalue weighted by molar-refractivity contribution is 7.90. The number of rotatable bonds is 4. The van der Waals surface area contributed by atoms with Gasteiger partial charge in [0.25, 0.3) is 0 Å². The van der Waals surface area contributed by atoms with Crippen LogP contribution in [-0.4, -0.2) is 22.5 Å². The van der Waals surface area contributed by atoms with Gasteiger partial charge in [0.05, 0.1) is 9.99 Å². The van der Waals surface area contributed by atoms with Crippen molar-refractivity contribution in [1.29, 1.82) is 0 Å². The Morgan fingerprint density at radius 1 is 1.17 bits per heavy atom. The molecule has 1 aromatic heterocycles. The standard InChI is InChI=1S/C16H15N3O4S/c1-3-12-6-9-14-15(10-12)18(17-16(14)19(20)21)24(22,23)13-7-4-11(2)5-8-13/h4-10H,3H2,1-2H3. The minimum absolute atomic E-state index is 0.0364. The van der Waals surface area contributed by atoms with E-state index in [0.29, 0.717) is 6.42 Å². The SMILES string of the molecule is CCc1ccc2c([N+](=O)[O-])nn(S(=O)(=O)c3ccc(C)cc3)c2c1. The smallest absolute Gasteiger partial charge is 0.358 e. The van der Waals surface area contributed by atoms with Crippen LogP contribution in [0.15, 0.2) is 47.4 Å². The largest absolute Gasteiger partial charge is 0.399 e. The van der Waals surface area contributed by atoms with Gasteiger partial charge in [-0.15, -0.1) is 0 Å². The first-order valence-corrected chi connectivity index (χ1v) is 8.77. The fourth-order valence-corrected chi connectivity index (χ4v) is 3.74. The van der Waals surface area contributed by atoms with E-state index in [9.17, 15) is 18.5 Å². The number of nitro groups is 1. The normalized spacial score (nSPS) is 11.8. The third-order valence-corrected chi connectivity index (χ3v) is 5.42. The van der Waals surface area contributed by atoms with E-state index >= 15 is 0 Å². The average molecular weight is 345 g/mol. The fraction of sp³-hybridized carbons (Fsp3) is 0.188. The molecule has 0 saturated carbocycles. The maximum atomic E-state index is 12.9. The maximum Gasteiger partial charge on any atom is 0.399 e. The molecule has 24 heavy (non-hydrogen) atoms. The zero-order chi connectivity index (χ0) is 17.5. The number of hydrogen-bond donors (Lipinski definition) is 0. The summed E-state index contributed by atoms with van der Waals surface area (Å²) >= 11 is 0. The zero-order valence-corrected chi connectivity index (χ0v) is 13.9. The predicted octanol–water partition coefficient (Wildman–Crippen LogP) is 3.05. The summed E-state index contributed by atoms with van der Waals surface area (Å²) in [5, 5.41) is 15.2. The highest BCUT2D eigenvalue weighted by atomic mass is 32.2. The molecule has 0 atom stereocenters. The van der Waals surface area contributed by atoms with E-state index < -0.39 is 20.8 Å². The average Bonchev–Trinajstić information content (AvgIpc) is 2.94. The van der Waals surface area contributed by atoms with E-state index in [2.05, 4.69) is 5.10 Å². The molecule has 0 aliphatic carbocycles. The molecular formula is C16H15N3O4S. The minimum atomic E-state index is -4.02. The molecule has 8 heteroatoms. The molecule has 0 aliphatic rings. The molecule has 2 aromatic carbocycles. The Hall–Kier alpha value is -2.74. The molecule has 0 radical (unpaired) electrons. The Morgan fingerprint density at radius 3 is 2.42 bits per heavy atom. The van der Waals surface area contributed by atoms with Gasteiger partial charge in [0.15, 0.2) is 0 Å². The lowest BCUT2D eigenvalue weighted by molar-refractivity contribution is -0.387. The number of aromatic nitrogens is 2. The third-order valence-electron chi connectivity index (χ3n) is 3.82. The van der Waals surface area contributed by atoms with E-state index in [1.54, 1.807) is 30.3 Å². The van der Waals surface area contributed by atoms with Crippen molar-refractivity contribution >= 4 is 26.7 Å². The van der Waals surface area contributed by atoms with Crippen molar-refractivity contribution in [3.8, 4) is 0 Å². The molecule has 1 heterocycles. The molecule has 0 saturated heterocycles. The second-order valence-corrected chi connectivity index (χ2v) is 7.21. The molecular weight excluding hydrogens is 330 g/mol. The van der Waals surface area contributed by atoms with Gasteiger partial charge in [-0.2, -0.15) is 8.42 Å². The number of hydrogen-bond acceptors (Lipinski definition) is 5. The van der Waals surface area contributed by atoms with Gasteiger partial charge in [0, 0.05) is 0 Å². The Labute approximate surface area is 138 Å². The Kier molecular flexibility index (Phi) is 3.84. The monoisotopic (exact) mass is 345 g/mol. The summed E-state index contributed by atoms with van der Waals surface area (Å²) in [7, 11) is -4.02. The number of aryl methyl sites for hydroxylation is 2. The van der Waals surface area contributed by atoms with Crippen LogP contribution >= 0.6 is 0 Å². The summed E-state index contributed by atoms with van der Waals surface area (Å²) in [5.41, 5.74) is 2.00. The van der Waals surface area contributed by atoms with Crippen LogP contribution in [0, 0.1) is 17.0 Å². The molecule has 0 bridgehead atoms. The molecule has 124 valence electrons. The summed E-state index contributed by atoms with van der Waals surface area (Å²) in [6, 6.07) is 11.2. The van der Waals surface area contributed by atoms with Crippen LogP contribution in [0.25, 0.3) is 10.9 Å². The van der Waals surface area contributed by atoms with Crippen molar-refractivity contribution in [2.75, 3.05) is 0 Å². The molecule has 0 N–H and O–H groups in total. The highest BCUT2D eigenvalue weighted by Crippen LogP contribution is 2.29. The van der Waals surface area contributed by atoms with Gasteiger partial charge < -0.3 is 10.1 Å². The first kappa shape index (κ1) is 16.1. The summed E-state index contributed by atoms with van der Waals surface area (Å²) in [4.78, 5) is 10.6. The van der Waals surface area contributed by atoms with Gasteiger partial charge in [-0.05, 0) is 48.1 Å². The van der Waals surface area contributed by atoms with E-state index in [1.807, 2.05) is 13.8 Å². The second-order valence-electron chi connectivity index (χ2n) is 5.45. The van der Waals surface area contributed by atoms with Gasteiger partial charge in [-0.25, -0.2) is 0 Å². The minimum Gasteiger partial charge on any atom is -0.358 e. The van der Waals surface area contributed by atoms with Crippen LogP contribution in [0.1, 0.15) is 18.1 Å². The van der Waals surface area contributed by atoms with Crippen molar-refractivity contribution in [3.05, 3.63) is 63.7 Å². The van der Waals surface area contributed by atoms with Crippen molar-refractivity contribution in [2.45, 2.75) is 25.2 Å². The van der Waals surface area contributed by atoms with Crippen LogP contribution in [-0.2, 0) is 16.4 Å². The molecule has 3 aromatic rings. The number of nitrogens with zero attached hydrogens (tertiary/aromatic N) is 3. The van der Waals surface area contributed by atoms with Gasteiger partial charge in [-0.1, -0.05) is 34.8 Å². The van der Waals surface area contributed by atoms with Crippen molar-refractivity contribution in [2.24, 2.45) is 0 Å². The van der Waals surface area contributed by atoms with Crippen LogP contribution in [0.4, 0.5) is 5.82 Å². The topological polar surface area (TPSA) is 95.1 Å². The molecule has 0 unspecified atom stereocenters. The third kappa shape index (κ3) is 2.54. The Bertz CT molecular complexity index is 1040. The van der Waals surface area contributed by atoms with Crippen molar-refractivity contribution in [1.82, 2.24) is 9.19 Å². The molecule has 0 spiro atoms. The summed E-state index contributed by atoms with van der Waals surface area (Å²) in [6.45, 7) is 3.77. The van der Waals surface area contributed by atoms with E-state index in [-0.39, 0.29) is 15.8 Å². The quantitative estimate of drug-likeness (QED) is 0.535. The predicted molar refractivity (Wildman–Crippen MR) is 89.5 cm³/mol. The summed E-state index contributed by atoms with van der Waals surface area (Å²) < 4.78 is 26.5. The number of fused-ring (bicyclic) bond motifs is 1. The zero-order valence-electron chi connectivity index (χ0n) is 13.1. The molecule has 0 amide bonds. The Balaban J connectivity index is 2.32. The van der Waals surface area contributed by atoms with Crippen molar-refractivity contribution < 1.29 is 13.3 Å². The first-order valence-electron chi connectivity index (χ1n) is 7.33. The lowest BCUT2D eigenvalue weighted by Gasteiger charge is -2.03. The maximum absolute atomic E-state index is 12.9. The van der Waals surface area contributed by atoms with Gasteiger partial charge in [0.1, 0.15) is 10.9 Å².